The Hall–Kier alpha value is -3.20. The van der Waals surface area contributed by atoms with Crippen LogP contribution >= 0.6 is 11.6 Å². The van der Waals surface area contributed by atoms with Gasteiger partial charge in [0.1, 0.15) is 29.5 Å². The fraction of sp³-hybridized carbons (Fsp3) is 0.167. The number of hydrogen-bond acceptors (Lipinski definition) is 4. The molecule has 2 aromatic carbocycles. The molecule has 1 saturated heterocycles. The van der Waals surface area contributed by atoms with Gasteiger partial charge in [0.15, 0.2) is 0 Å². The van der Waals surface area contributed by atoms with Crippen molar-refractivity contribution in [2.75, 3.05) is 11.9 Å². The van der Waals surface area contributed by atoms with E-state index < -0.39 is 41.6 Å². The van der Waals surface area contributed by atoms with Crippen molar-refractivity contribution in [3.05, 3.63) is 58.6 Å². The second-order valence-corrected chi connectivity index (χ2v) is 6.69. The van der Waals surface area contributed by atoms with Gasteiger partial charge in [-0.15, -0.1) is 0 Å². The standard InChI is InChI=1S/C18H14ClF2N3O4/c1-18(9-2-4-12(21)11(19)6-9)16(27)24(17(28)23-18)8-15(26)22-13-7-10(20)3-5-14(13)25/h2-7,25H,8H2,1H3,(H,22,26)(H,23,28). The third-order valence-corrected chi connectivity index (χ3v) is 4.60. The second-order valence-electron chi connectivity index (χ2n) is 6.28. The van der Waals surface area contributed by atoms with Crippen molar-refractivity contribution >= 4 is 35.1 Å². The van der Waals surface area contributed by atoms with Crippen LogP contribution in [-0.4, -0.2) is 34.4 Å². The lowest BCUT2D eigenvalue weighted by Crippen LogP contribution is -2.42. The third-order valence-electron chi connectivity index (χ3n) is 4.31. The van der Waals surface area contributed by atoms with Gasteiger partial charge < -0.3 is 15.7 Å². The first kappa shape index (κ1) is 19.6. The van der Waals surface area contributed by atoms with E-state index in [1.807, 2.05) is 0 Å². The van der Waals surface area contributed by atoms with E-state index in [2.05, 4.69) is 10.6 Å². The molecule has 7 nitrogen and oxygen atoms in total. The fourth-order valence-electron chi connectivity index (χ4n) is 2.79. The Morgan fingerprint density at radius 3 is 2.64 bits per heavy atom. The molecule has 0 aromatic heterocycles. The number of amides is 4. The number of nitrogens with one attached hydrogen (secondary N) is 2. The maximum atomic E-state index is 13.4. The number of imide groups is 1. The molecule has 1 fully saturated rings. The van der Waals surface area contributed by atoms with Crippen LogP contribution in [0.2, 0.25) is 5.02 Å². The minimum Gasteiger partial charge on any atom is -0.506 e. The molecule has 1 heterocycles. The highest BCUT2D eigenvalue weighted by Gasteiger charge is 2.49. The zero-order chi connectivity index (χ0) is 20.6. The van der Waals surface area contributed by atoms with Crippen LogP contribution < -0.4 is 10.6 Å². The second kappa shape index (κ2) is 7.08. The molecule has 0 aliphatic carbocycles. The van der Waals surface area contributed by atoms with Gasteiger partial charge >= 0.3 is 6.03 Å². The van der Waals surface area contributed by atoms with E-state index in [1.54, 1.807) is 0 Å². The molecule has 1 unspecified atom stereocenters. The van der Waals surface area contributed by atoms with Crippen molar-refractivity contribution in [1.29, 1.82) is 0 Å². The summed E-state index contributed by atoms with van der Waals surface area (Å²) >= 11 is 5.75. The minimum absolute atomic E-state index is 0.204. The fourth-order valence-corrected chi connectivity index (χ4v) is 2.97. The number of benzene rings is 2. The van der Waals surface area contributed by atoms with Gasteiger partial charge in [0.05, 0.1) is 10.7 Å². The average molecular weight is 410 g/mol. The highest BCUT2D eigenvalue weighted by atomic mass is 35.5. The average Bonchev–Trinajstić information content (AvgIpc) is 2.84. The van der Waals surface area contributed by atoms with Crippen LogP contribution in [0.3, 0.4) is 0 Å². The first-order valence-corrected chi connectivity index (χ1v) is 8.37. The Morgan fingerprint density at radius 2 is 1.96 bits per heavy atom. The molecule has 1 aliphatic rings. The molecule has 0 spiro atoms. The third kappa shape index (κ3) is 3.48. The van der Waals surface area contributed by atoms with Gasteiger partial charge in [0.2, 0.25) is 5.91 Å². The minimum atomic E-state index is -1.55. The summed E-state index contributed by atoms with van der Waals surface area (Å²) in [6.45, 7) is 0.720. The monoisotopic (exact) mass is 409 g/mol. The lowest BCUT2D eigenvalue weighted by molar-refractivity contribution is -0.133. The quantitative estimate of drug-likeness (QED) is 0.534. The molecule has 0 saturated carbocycles. The number of carbonyl (C=O) groups is 3. The van der Waals surface area contributed by atoms with Crippen LogP contribution in [-0.2, 0) is 15.1 Å². The predicted octanol–water partition coefficient (Wildman–Crippen LogP) is 2.73. The van der Waals surface area contributed by atoms with E-state index >= 15 is 0 Å². The van der Waals surface area contributed by atoms with Crippen LogP contribution in [0.5, 0.6) is 5.75 Å². The van der Waals surface area contributed by atoms with Crippen LogP contribution in [0.4, 0.5) is 19.3 Å². The normalized spacial score (nSPS) is 18.9. The molecule has 10 heteroatoms. The lowest BCUT2D eigenvalue weighted by Gasteiger charge is -2.22. The Balaban J connectivity index is 1.79. The van der Waals surface area contributed by atoms with Gasteiger partial charge in [-0.1, -0.05) is 17.7 Å². The van der Waals surface area contributed by atoms with Crippen LogP contribution in [0.25, 0.3) is 0 Å². The van der Waals surface area contributed by atoms with Crippen molar-refractivity contribution in [3.63, 3.8) is 0 Å². The summed E-state index contributed by atoms with van der Waals surface area (Å²) in [4.78, 5) is 37.8. The summed E-state index contributed by atoms with van der Waals surface area (Å²) < 4.78 is 26.6. The number of rotatable bonds is 4. The number of anilines is 1. The summed E-state index contributed by atoms with van der Waals surface area (Å²) in [6.07, 6.45) is 0. The Bertz CT molecular complexity index is 1000. The van der Waals surface area contributed by atoms with E-state index in [-0.39, 0.29) is 22.0 Å². The summed E-state index contributed by atoms with van der Waals surface area (Å²) in [7, 11) is 0. The number of phenols is 1. The molecule has 4 amide bonds. The maximum Gasteiger partial charge on any atom is 0.325 e. The Labute approximate surface area is 162 Å². The molecule has 1 atom stereocenters. The molecule has 146 valence electrons. The van der Waals surface area contributed by atoms with Crippen molar-refractivity contribution in [2.24, 2.45) is 0 Å². The Kier molecular flexibility index (Phi) is 4.95. The van der Waals surface area contributed by atoms with E-state index in [0.29, 0.717) is 4.90 Å². The summed E-state index contributed by atoms with van der Waals surface area (Å²) in [6, 6.07) is 5.67. The van der Waals surface area contributed by atoms with Gasteiger partial charge in [-0.2, -0.15) is 0 Å². The number of carbonyl (C=O) groups excluding carboxylic acids is 3. The number of phenolic OH excluding ortho intramolecular Hbond substituents is 1. The van der Waals surface area contributed by atoms with Gasteiger partial charge in [-0.25, -0.2) is 13.6 Å². The summed E-state index contributed by atoms with van der Waals surface area (Å²) in [5, 5.41) is 14.1. The number of hydrogen-bond donors (Lipinski definition) is 3. The lowest BCUT2D eigenvalue weighted by atomic mass is 9.92. The molecule has 1 aliphatic heterocycles. The number of aromatic hydroxyl groups is 1. The van der Waals surface area contributed by atoms with Crippen LogP contribution in [0.15, 0.2) is 36.4 Å². The zero-order valence-electron chi connectivity index (χ0n) is 14.4. The van der Waals surface area contributed by atoms with Crippen LogP contribution in [0.1, 0.15) is 12.5 Å². The first-order chi connectivity index (χ1) is 13.1. The van der Waals surface area contributed by atoms with Gasteiger partial charge in [0.25, 0.3) is 5.91 Å². The Morgan fingerprint density at radius 1 is 1.25 bits per heavy atom. The number of urea groups is 1. The molecule has 0 radical (unpaired) electrons. The zero-order valence-corrected chi connectivity index (χ0v) is 15.2. The van der Waals surface area contributed by atoms with E-state index in [9.17, 15) is 28.3 Å². The highest BCUT2D eigenvalue weighted by Crippen LogP contribution is 2.31. The predicted molar refractivity (Wildman–Crippen MR) is 95.7 cm³/mol. The van der Waals surface area contributed by atoms with Crippen molar-refractivity contribution in [2.45, 2.75) is 12.5 Å². The SMILES string of the molecule is CC1(c2ccc(F)c(Cl)c2)NC(=O)N(CC(=O)Nc2cc(F)ccc2O)C1=O. The van der Waals surface area contributed by atoms with Crippen molar-refractivity contribution < 1.29 is 28.3 Å². The first-order valence-electron chi connectivity index (χ1n) is 8.00. The highest BCUT2D eigenvalue weighted by molar-refractivity contribution is 6.30. The number of nitrogens with zero attached hydrogens (tertiary/aromatic N) is 1. The van der Waals surface area contributed by atoms with Gasteiger partial charge in [0, 0.05) is 6.07 Å². The molecule has 3 rings (SSSR count). The molecule has 2 aromatic rings. The molecule has 28 heavy (non-hydrogen) atoms. The summed E-state index contributed by atoms with van der Waals surface area (Å²) in [5.74, 6) is -3.33. The number of halogens is 3. The molecule has 3 N–H and O–H groups in total. The van der Waals surface area contributed by atoms with Crippen molar-refractivity contribution in [3.8, 4) is 5.75 Å². The topological polar surface area (TPSA) is 98.7 Å². The van der Waals surface area contributed by atoms with Crippen LogP contribution in [0, 0.1) is 11.6 Å². The molecular formula is C18H14ClF2N3O4. The smallest absolute Gasteiger partial charge is 0.325 e. The van der Waals surface area contributed by atoms with Gasteiger partial charge in [-0.05, 0) is 36.8 Å². The maximum absolute atomic E-state index is 13.4. The molecular weight excluding hydrogens is 396 g/mol. The van der Waals surface area contributed by atoms with Gasteiger partial charge in [-0.3, -0.25) is 14.5 Å². The summed E-state index contributed by atoms with van der Waals surface area (Å²) in [5.41, 5.74) is -1.51. The van der Waals surface area contributed by atoms with E-state index in [0.717, 1.165) is 24.3 Å². The van der Waals surface area contributed by atoms with E-state index in [4.69, 9.17) is 11.6 Å². The molecule has 0 bridgehead atoms. The van der Waals surface area contributed by atoms with Crippen molar-refractivity contribution in [1.82, 2.24) is 10.2 Å². The largest absolute Gasteiger partial charge is 0.506 e. The van der Waals surface area contributed by atoms with E-state index in [1.165, 1.54) is 19.1 Å².